The van der Waals surface area contributed by atoms with Gasteiger partial charge in [-0.25, -0.2) is 0 Å². The van der Waals surface area contributed by atoms with Gasteiger partial charge < -0.3 is 20.3 Å². The minimum Gasteiger partial charge on any atom is -0.496 e. The maximum Gasteiger partial charge on any atom is 0.224 e. The molecule has 190 valence electrons. The third-order valence-electron chi connectivity index (χ3n) is 6.86. The van der Waals surface area contributed by atoms with Crippen LogP contribution in [0.2, 0.25) is 0 Å². The Hall–Kier alpha value is -3.38. The van der Waals surface area contributed by atoms with Crippen molar-refractivity contribution in [1.29, 1.82) is 0 Å². The van der Waals surface area contributed by atoms with Gasteiger partial charge in [0.1, 0.15) is 5.75 Å². The molecule has 1 aliphatic heterocycles. The van der Waals surface area contributed by atoms with Crippen LogP contribution in [0.4, 0.5) is 5.69 Å². The Morgan fingerprint density at radius 2 is 1.83 bits per heavy atom. The van der Waals surface area contributed by atoms with E-state index in [2.05, 4.69) is 57.8 Å². The van der Waals surface area contributed by atoms with Crippen molar-refractivity contribution >= 4 is 11.6 Å². The minimum absolute atomic E-state index is 0.0462. The zero-order valence-corrected chi connectivity index (χ0v) is 21.5. The molecule has 0 unspecified atom stereocenters. The van der Waals surface area contributed by atoms with Crippen LogP contribution in [0.5, 0.6) is 5.75 Å². The molecule has 0 bridgehead atoms. The van der Waals surface area contributed by atoms with Crippen LogP contribution in [0, 0.1) is 0 Å². The Kier molecular flexibility index (Phi) is 9.33. The van der Waals surface area contributed by atoms with Crippen molar-refractivity contribution in [3.8, 4) is 5.75 Å². The van der Waals surface area contributed by atoms with Crippen molar-refractivity contribution in [3.63, 3.8) is 0 Å². The van der Waals surface area contributed by atoms with E-state index in [0.717, 1.165) is 55.6 Å². The summed E-state index contributed by atoms with van der Waals surface area (Å²) in [6.45, 7) is 4.94. The van der Waals surface area contributed by atoms with Crippen LogP contribution in [0.1, 0.15) is 36.5 Å². The molecule has 0 aliphatic carbocycles. The second-order valence-corrected chi connectivity index (χ2v) is 9.65. The van der Waals surface area contributed by atoms with Gasteiger partial charge in [-0.05, 0) is 73.6 Å². The van der Waals surface area contributed by atoms with Crippen molar-refractivity contribution in [2.45, 2.75) is 51.1 Å². The Morgan fingerprint density at radius 1 is 1.06 bits per heavy atom. The van der Waals surface area contributed by atoms with Gasteiger partial charge in [-0.15, -0.1) is 0 Å². The monoisotopic (exact) mass is 486 g/mol. The highest BCUT2D eigenvalue weighted by Gasteiger charge is 2.21. The molecule has 0 saturated carbocycles. The lowest BCUT2D eigenvalue weighted by Crippen LogP contribution is -2.46. The Balaban J connectivity index is 1.17. The number of methoxy groups -OCH3 is 1. The molecule has 0 radical (unpaired) electrons. The Labute approximate surface area is 215 Å². The zero-order valence-electron chi connectivity index (χ0n) is 21.5. The highest BCUT2D eigenvalue weighted by molar-refractivity contribution is 5.78. The van der Waals surface area contributed by atoms with Gasteiger partial charge in [-0.1, -0.05) is 36.4 Å². The first-order chi connectivity index (χ1) is 17.6. The van der Waals surface area contributed by atoms with E-state index >= 15 is 0 Å². The van der Waals surface area contributed by atoms with Crippen LogP contribution >= 0.6 is 0 Å². The number of rotatable bonds is 11. The standard InChI is InChI=1S/C30H38N4O2/c1-23(20-25-6-5-16-31-22-25)33-27-14-18-34(19-15-27)28-11-9-24(10-12-28)21-30(35)32-17-13-26-7-3-4-8-29(26)36-2/h3-12,16,22-23,27,33H,13-15,17-21H2,1-2H3,(H,32,35)/t23-/m1/s1. The third-order valence-corrected chi connectivity index (χ3v) is 6.86. The molecule has 2 aromatic carbocycles. The molecule has 4 rings (SSSR count). The van der Waals surface area contributed by atoms with Crippen LogP contribution in [-0.4, -0.2) is 49.7 Å². The van der Waals surface area contributed by atoms with Gasteiger partial charge >= 0.3 is 0 Å². The second kappa shape index (κ2) is 13.1. The lowest BCUT2D eigenvalue weighted by Gasteiger charge is -2.35. The third kappa shape index (κ3) is 7.56. The molecule has 6 nitrogen and oxygen atoms in total. The highest BCUT2D eigenvalue weighted by atomic mass is 16.5. The van der Waals surface area contributed by atoms with Gasteiger partial charge in [-0.2, -0.15) is 0 Å². The van der Waals surface area contributed by atoms with E-state index in [1.165, 1.54) is 11.3 Å². The number of anilines is 1. The van der Waals surface area contributed by atoms with Crippen molar-refractivity contribution in [2.75, 3.05) is 31.6 Å². The number of hydrogen-bond acceptors (Lipinski definition) is 5. The molecule has 0 spiro atoms. The van der Waals surface area contributed by atoms with Gasteiger partial charge in [0, 0.05) is 49.8 Å². The van der Waals surface area contributed by atoms with Crippen LogP contribution in [-0.2, 0) is 24.1 Å². The first-order valence-corrected chi connectivity index (χ1v) is 13.0. The number of pyridine rings is 1. The predicted molar refractivity (Wildman–Crippen MR) is 146 cm³/mol. The van der Waals surface area contributed by atoms with E-state index in [9.17, 15) is 4.79 Å². The summed E-state index contributed by atoms with van der Waals surface area (Å²) in [6.07, 6.45) is 8.19. The van der Waals surface area contributed by atoms with Gasteiger partial charge in [0.25, 0.3) is 0 Å². The first kappa shape index (κ1) is 25.7. The number of nitrogens with one attached hydrogen (secondary N) is 2. The lowest BCUT2D eigenvalue weighted by molar-refractivity contribution is -0.120. The van der Waals surface area contributed by atoms with E-state index in [1.807, 2.05) is 42.7 Å². The maximum absolute atomic E-state index is 12.4. The van der Waals surface area contributed by atoms with E-state index < -0.39 is 0 Å². The van der Waals surface area contributed by atoms with Gasteiger partial charge in [0.05, 0.1) is 13.5 Å². The highest BCUT2D eigenvalue weighted by Crippen LogP contribution is 2.21. The average molecular weight is 487 g/mol. The topological polar surface area (TPSA) is 66.5 Å². The molecular weight excluding hydrogens is 448 g/mol. The predicted octanol–water partition coefficient (Wildman–Crippen LogP) is 4.18. The molecule has 1 aliphatic rings. The summed E-state index contributed by atoms with van der Waals surface area (Å²) in [4.78, 5) is 19.1. The second-order valence-electron chi connectivity index (χ2n) is 9.65. The fourth-order valence-corrected chi connectivity index (χ4v) is 4.96. The molecule has 3 aromatic rings. The van der Waals surface area contributed by atoms with Crippen LogP contribution < -0.4 is 20.3 Å². The van der Waals surface area contributed by atoms with E-state index in [0.29, 0.717) is 25.0 Å². The number of hydrogen-bond donors (Lipinski definition) is 2. The summed E-state index contributed by atoms with van der Waals surface area (Å²) < 4.78 is 5.38. The Bertz CT molecular complexity index is 1080. The molecule has 1 saturated heterocycles. The Morgan fingerprint density at radius 3 is 2.56 bits per heavy atom. The summed E-state index contributed by atoms with van der Waals surface area (Å²) >= 11 is 0. The lowest BCUT2D eigenvalue weighted by atomic mass is 10.0. The largest absolute Gasteiger partial charge is 0.496 e. The maximum atomic E-state index is 12.4. The number of carbonyl (C=O) groups excluding carboxylic acids is 1. The number of amides is 1. The van der Waals surface area contributed by atoms with E-state index in [4.69, 9.17) is 4.74 Å². The number of benzene rings is 2. The first-order valence-electron chi connectivity index (χ1n) is 13.0. The van der Waals surface area contributed by atoms with Crippen molar-refractivity contribution in [3.05, 3.63) is 89.7 Å². The van der Waals surface area contributed by atoms with Crippen molar-refractivity contribution in [1.82, 2.24) is 15.6 Å². The fraction of sp³-hybridized carbons (Fsp3) is 0.400. The summed E-state index contributed by atoms with van der Waals surface area (Å²) in [6, 6.07) is 21.5. The van der Waals surface area contributed by atoms with E-state index in [1.54, 1.807) is 7.11 Å². The smallest absolute Gasteiger partial charge is 0.224 e. The molecule has 2 N–H and O–H groups in total. The molecule has 1 fully saturated rings. The number of piperidine rings is 1. The van der Waals surface area contributed by atoms with Crippen LogP contribution in [0.3, 0.4) is 0 Å². The van der Waals surface area contributed by atoms with Gasteiger partial charge in [0.15, 0.2) is 0 Å². The number of aromatic nitrogens is 1. The molecule has 6 heteroatoms. The van der Waals surface area contributed by atoms with Gasteiger partial charge in [-0.3, -0.25) is 9.78 Å². The molecular formula is C30H38N4O2. The van der Waals surface area contributed by atoms with Gasteiger partial charge in [0.2, 0.25) is 5.91 Å². The summed E-state index contributed by atoms with van der Waals surface area (Å²) in [5.41, 5.74) is 4.65. The molecule has 1 aromatic heterocycles. The SMILES string of the molecule is COc1ccccc1CCNC(=O)Cc1ccc(N2CCC(N[C@H](C)Cc3cccnc3)CC2)cc1. The number of carbonyl (C=O) groups is 1. The van der Waals surface area contributed by atoms with Crippen molar-refractivity contribution < 1.29 is 9.53 Å². The summed E-state index contributed by atoms with van der Waals surface area (Å²) in [5, 5.41) is 6.83. The number of ether oxygens (including phenoxy) is 1. The quantitative estimate of drug-likeness (QED) is 0.426. The molecule has 2 heterocycles. The van der Waals surface area contributed by atoms with Crippen LogP contribution in [0.25, 0.3) is 0 Å². The van der Waals surface area contributed by atoms with Crippen molar-refractivity contribution in [2.24, 2.45) is 0 Å². The summed E-state index contributed by atoms with van der Waals surface area (Å²) in [5.74, 6) is 0.909. The van der Waals surface area contributed by atoms with E-state index in [-0.39, 0.29) is 5.91 Å². The fourth-order valence-electron chi connectivity index (χ4n) is 4.96. The number of nitrogens with zero attached hydrogens (tertiary/aromatic N) is 2. The summed E-state index contributed by atoms with van der Waals surface area (Å²) in [7, 11) is 1.67. The van der Waals surface area contributed by atoms with Crippen LogP contribution in [0.15, 0.2) is 73.1 Å². The normalized spacial score (nSPS) is 14.9. The molecule has 1 atom stereocenters. The number of para-hydroxylation sites is 1. The average Bonchev–Trinajstić information content (AvgIpc) is 2.90. The molecule has 1 amide bonds. The molecule has 36 heavy (non-hydrogen) atoms. The minimum atomic E-state index is 0.0462. The zero-order chi connectivity index (χ0) is 25.2.